The van der Waals surface area contributed by atoms with Gasteiger partial charge in [-0.1, -0.05) is 62.2 Å². The summed E-state index contributed by atoms with van der Waals surface area (Å²) < 4.78 is 1.16. The Kier molecular flexibility index (Phi) is 7.09. The minimum Gasteiger partial charge on any atom is -0.316 e. The van der Waals surface area contributed by atoms with Crippen molar-refractivity contribution < 1.29 is 0 Å². The average Bonchev–Trinajstić information content (AvgIpc) is 2.32. The molecule has 0 aliphatic heterocycles. The molecule has 0 aliphatic carbocycles. The van der Waals surface area contributed by atoms with E-state index in [2.05, 4.69) is 73.2 Å². The molecule has 2 heteroatoms. The van der Waals surface area contributed by atoms with Crippen molar-refractivity contribution in [1.29, 1.82) is 0 Å². The predicted molar refractivity (Wildman–Crippen MR) is 88.6 cm³/mol. The van der Waals surface area contributed by atoms with Gasteiger partial charge in [0.1, 0.15) is 0 Å². The van der Waals surface area contributed by atoms with Gasteiger partial charge in [-0.05, 0) is 48.4 Å². The highest BCUT2D eigenvalue weighted by Gasteiger charge is 2.23. The molecule has 0 saturated carbocycles. The molecule has 1 rings (SSSR count). The molecule has 1 aromatic carbocycles. The zero-order valence-corrected chi connectivity index (χ0v) is 14.4. The van der Waals surface area contributed by atoms with E-state index in [9.17, 15) is 0 Å². The van der Waals surface area contributed by atoms with Gasteiger partial charge in [-0.25, -0.2) is 0 Å². The van der Waals surface area contributed by atoms with Crippen molar-refractivity contribution in [3.63, 3.8) is 0 Å². The van der Waals surface area contributed by atoms with Crippen LogP contribution in [-0.2, 0) is 6.42 Å². The second-order valence-corrected chi connectivity index (χ2v) is 7.30. The van der Waals surface area contributed by atoms with Crippen molar-refractivity contribution in [3.8, 4) is 0 Å². The van der Waals surface area contributed by atoms with E-state index in [1.807, 2.05) is 0 Å². The molecule has 1 N–H and O–H groups in total. The van der Waals surface area contributed by atoms with E-state index in [1.165, 1.54) is 18.4 Å². The molecule has 0 amide bonds. The first-order valence-electron chi connectivity index (χ1n) is 7.40. The lowest BCUT2D eigenvalue weighted by molar-refractivity contribution is 0.271. The second kappa shape index (κ2) is 8.06. The summed E-state index contributed by atoms with van der Waals surface area (Å²) in [5.74, 6) is 0.721. The summed E-state index contributed by atoms with van der Waals surface area (Å²) in [6.45, 7) is 11.4. The van der Waals surface area contributed by atoms with Gasteiger partial charge in [0.05, 0.1) is 0 Å². The number of halogens is 1. The molecule has 0 aliphatic rings. The van der Waals surface area contributed by atoms with Gasteiger partial charge in [-0.2, -0.15) is 0 Å². The van der Waals surface area contributed by atoms with Crippen LogP contribution in [0, 0.1) is 11.3 Å². The third-order valence-corrected chi connectivity index (χ3v) is 4.03. The maximum atomic E-state index is 3.63. The average molecular weight is 326 g/mol. The first kappa shape index (κ1) is 16.7. The Labute approximate surface area is 127 Å². The van der Waals surface area contributed by atoms with Crippen molar-refractivity contribution in [1.82, 2.24) is 5.32 Å². The number of hydrogen-bond donors (Lipinski definition) is 1. The van der Waals surface area contributed by atoms with Crippen LogP contribution in [0.4, 0.5) is 0 Å². The molecule has 1 nitrogen and oxygen atoms in total. The van der Waals surface area contributed by atoms with Crippen LogP contribution < -0.4 is 5.32 Å². The smallest absolute Gasteiger partial charge is 0.0175 e. The predicted octanol–water partition coefficient (Wildman–Crippen LogP) is 5.04. The number of hydrogen-bond acceptors (Lipinski definition) is 1. The summed E-state index contributed by atoms with van der Waals surface area (Å²) in [5, 5.41) is 3.63. The molecule has 0 bridgehead atoms. The minimum absolute atomic E-state index is 0.359. The van der Waals surface area contributed by atoms with Gasteiger partial charge in [-0.3, -0.25) is 0 Å². The molecule has 0 aromatic heterocycles. The van der Waals surface area contributed by atoms with Crippen LogP contribution in [0.25, 0.3) is 0 Å². The molecule has 1 aromatic rings. The Hall–Kier alpha value is -0.340. The van der Waals surface area contributed by atoms with E-state index in [4.69, 9.17) is 0 Å². The van der Waals surface area contributed by atoms with Gasteiger partial charge in [0.15, 0.2) is 0 Å². The lowest BCUT2D eigenvalue weighted by Gasteiger charge is -2.30. The first-order valence-corrected chi connectivity index (χ1v) is 8.19. The quantitative estimate of drug-likeness (QED) is 0.705. The van der Waals surface area contributed by atoms with E-state index >= 15 is 0 Å². The van der Waals surface area contributed by atoms with Crippen LogP contribution in [0.5, 0.6) is 0 Å². The standard InChI is InChI=1S/C17H28BrN/c1-5-10-17(4,13-19-12-14(2)3)11-15-6-8-16(18)9-7-15/h6-9,14,19H,5,10-13H2,1-4H3. The third kappa shape index (κ3) is 6.58. The molecule has 0 fully saturated rings. The molecule has 0 spiro atoms. The largest absolute Gasteiger partial charge is 0.316 e. The maximum Gasteiger partial charge on any atom is 0.0175 e. The van der Waals surface area contributed by atoms with Crippen LogP contribution in [0.1, 0.15) is 46.1 Å². The van der Waals surface area contributed by atoms with Crippen LogP contribution in [0.15, 0.2) is 28.7 Å². The fourth-order valence-electron chi connectivity index (χ4n) is 2.60. The Bertz CT molecular complexity index is 358. The molecule has 1 unspecified atom stereocenters. The van der Waals surface area contributed by atoms with Crippen molar-refractivity contribution in [2.75, 3.05) is 13.1 Å². The first-order chi connectivity index (χ1) is 8.95. The van der Waals surface area contributed by atoms with Gasteiger partial charge < -0.3 is 5.32 Å². The Morgan fingerprint density at radius 3 is 2.37 bits per heavy atom. The Morgan fingerprint density at radius 1 is 1.21 bits per heavy atom. The SMILES string of the molecule is CCCC(C)(CNCC(C)C)Cc1ccc(Br)cc1. The summed E-state index contributed by atoms with van der Waals surface area (Å²) in [7, 11) is 0. The van der Waals surface area contributed by atoms with Gasteiger partial charge in [0.2, 0.25) is 0 Å². The molecule has 19 heavy (non-hydrogen) atoms. The van der Waals surface area contributed by atoms with Gasteiger partial charge in [0, 0.05) is 11.0 Å². The van der Waals surface area contributed by atoms with E-state index in [1.54, 1.807) is 0 Å². The summed E-state index contributed by atoms with van der Waals surface area (Å²) in [6, 6.07) is 8.76. The van der Waals surface area contributed by atoms with Crippen molar-refractivity contribution in [3.05, 3.63) is 34.3 Å². The van der Waals surface area contributed by atoms with Crippen LogP contribution in [0.3, 0.4) is 0 Å². The molecular formula is C17H28BrN. The topological polar surface area (TPSA) is 12.0 Å². The molecule has 1 atom stereocenters. The van der Waals surface area contributed by atoms with E-state index < -0.39 is 0 Å². The highest BCUT2D eigenvalue weighted by Crippen LogP contribution is 2.28. The zero-order valence-electron chi connectivity index (χ0n) is 12.8. The summed E-state index contributed by atoms with van der Waals surface area (Å²) in [4.78, 5) is 0. The normalized spacial score (nSPS) is 14.6. The number of rotatable bonds is 8. The molecule has 0 saturated heterocycles. The highest BCUT2D eigenvalue weighted by atomic mass is 79.9. The fraction of sp³-hybridized carbons (Fsp3) is 0.647. The van der Waals surface area contributed by atoms with Gasteiger partial charge >= 0.3 is 0 Å². The third-order valence-electron chi connectivity index (χ3n) is 3.50. The van der Waals surface area contributed by atoms with Gasteiger partial charge in [0.25, 0.3) is 0 Å². The van der Waals surface area contributed by atoms with E-state index in [0.29, 0.717) is 5.41 Å². The molecule has 0 heterocycles. The monoisotopic (exact) mass is 325 g/mol. The van der Waals surface area contributed by atoms with Gasteiger partial charge in [-0.15, -0.1) is 0 Å². The minimum atomic E-state index is 0.359. The number of benzene rings is 1. The van der Waals surface area contributed by atoms with Crippen LogP contribution in [0.2, 0.25) is 0 Å². The Balaban J connectivity index is 2.61. The van der Waals surface area contributed by atoms with Crippen LogP contribution >= 0.6 is 15.9 Å². The summed E-state index contributed by atoms with van der Waals surface area (Å²) >= 11 is 3.50. The number of nitrogens with one attached hydrogen (secondary N) is 1. The maximum absolute atomic E-state index is 3.63. The lowest BCUT2D eigenvalue weighted by Crippen LogP contribution is -2.35. The molecule has 0 radical (unpaired) electrons. The van der Waals surface area contributed by atoms with Crippen molar-refractivity contribution >= 4 is 15.9 Å². The molecular weight excluding hydrogens is 298 g/mol. The fourth-order valence-corrected chi connectivity index (χ4v) is 2.86. The summed E-state index contributed by atoms with van der Waals surface area (Å²) in [6.07, 6.45) is 3.67. The van der Waals surface area contributed by atoms with E-state index in [0.717, 1.165) is 29.9 Å². The second-order valence-electron chi connectivity index (χ2n) is 6.39. The van der Waals surface area contributed by atoms with Crippen molar-refractivity contribution in [2.24, 2.45) is 11.3 Å². The summed E-state index contributed by atoms with van der Waals surface area (Å²) in [5.41, 5.74) is 1.79. The Morgan fingerprint density at radius 2 is 1.84 bits per heavy atom. The zero-order chi connectivity index (χ0) is 14.3. The highest BCUT2D eigenvalue weighted by molar-refractivity contribution is 9.10. The van der Waals surface area contributed by atoms with Crippen LogP contribution in [-0.4, -0.2) is 13.1 Å². The molecule has 108 valence electrons. The van der Waals surface area contributed by atoms with Crippen molar-refractivity contribution in [2.45, 2.75) is 47.0 Å². The van der Waals surface area contributed by atoms with E-state index in [-0.39, 0.29) is 0 Å². The lowest BCUT2D eigenvalue weighted by atomic mass is 9.79.